The van der Waals surface area contributed by atoms with Gasteiger partial charge in [0.15, 0.2) is 0 Å². The number of carbonyl (C=O) groups is 1. The minimum atomic E-state index is -0.553. The molecule has 2 atom stereocenters. The zero-order valence-corrected chi connectivity index (χ0v) is 16.8. The summed E-state index contributed by atoms with van der Waals surface area (Å²) in [5.41, 5.74) is 1.28. The Labute approximate surface area is 173 Å². The Morgan fingerprint density at radius 3 is 2.46 bits per heavy atom. The van der Waals surface area contributed by atoms with E-state index in [1.54, 1.807) is 43.3 Å². The molecule has 0 saturated heterocycles. The SMILES string of the molecule is CC(O)CC(CNC(=O)c1ccc(F)c2ccccc12)c1ccc(Cl)c(Cl)c1. The van der Waals surface area contributed by atoms with Gasteiger partial charge in [-0.15, -0.1) is 0 Å². The van der Waals surface area contributed by atoms with Gasteiger partial charge in [0, 0.05) is 23.4 Å². The zero-order chi connectivity index (χ0) is 20.3. The molecular formula is C22H20Cl2FNO2. The van der Waals surface area contributed by atoms with Crippen LogP contribution in [0.2, 0.25) is 10.0 Å². The predicted molar refractivity (Wildman–Crippen MR) is 112 cm³/mol. The standard InChI is InChI=1S/C22H20Cl2FNO2/c1-13(27)10-15(14-6-8-19(23)20(24)11-14)12-26-22(28)18-7-9-21(25)17-5-3-2-4-16(17)18/h2-9,11,13,15,27H,10,12H2,1H3,(H,26,28). The third-order valence-electron chi connectivity index (χ3n) is 4.67. The second kappa shape index (κ2) is 8.91. The lowest BCUT2D eigenvalue weighted by molar-refractivity contribution is 0.0947. The smallest absolute Gasteiger partial charge is 0.251 e. The first-order valence-electron chi connectivity index (χ1n) is 8.95. The van der Waals surface area contributed by atoms with Gasteiger partial charge in [-0.25, -0.2) is 4.39 Å². The van der Waals surface area contributed by atoms with E-state index in [2.05, 4.69) is 5.32 Å². The van der Waals surface area contributed by atoms with Crippen molar-refractivity contribution in [2.24, 2.45) is 0 Å². The number of aliphatic hydroxyl groups is 1. The number of carbonyl (C=O) groups excluding carboxylic acids is 1. The van der Waals surface area contributed by atoms with Crippen LogP contribution in [0.15, 0.2) is 54.6 Å². The van der Waals surface area contributed by atoms with E-state index in [-0.39, 0.29) is 17.6 Å². The highest BCUT2D eigenvalue weighted by Gasteiger charge is 2.18. The van der Waals surface area contributed by atoms with Gasteiger partial charge >= 0.3 is 0 Å². The zero-order valence-electron chi connectivity index (χ0n) is 15.3. The van der Waals surface area contributed by atoms with Crippen molar-refractivity contribution in [3.63, 3.8) is 0 Å². The van der Waals surface area contributed by atoms with Crippen molar-refractivity contribution in [3.05, 3.63) is 81.6 Å². The normalized spacial score (nSPS) is 13.3. The molecule has 1 amide bonds. The van der Waals surface area contributed by atoms with E-state index in [4.69, 9.17) is 23.2 Å². The maximum absolute atomic E-state index is 14.0. The minimum absolute atomic E-state index is 0.148. The lowest BCUT2D eigenvalue weighted by Gasteiger charge is -2.20. The third-order valence-corrected chi connectivity index (χ3v) is 5.40. The summed E-state index contributed by atoms with van der Waals surface area (Å²) < 4.78 is 14.0. The molecule has 3 rings (SSSR count). The highest BCUT2D eigenvalue weighted by Crippen LogP contribution is 2.29. The van der Waals surface area contributed by atoms with E-state index < -0.39 is 6.10 Å². The molecule has 0 radical (unpaired) electrons. The third kappa shape index (κ3) is 4.64. The van der Waals surface area contributed by atoms with Gasteiger partial charge in [-0.05, 0) is 48.6 Å². The quantitative estimate of drug-likeness (QED) is 0.548. The lowest BCUT2D eigenvalue weighted by atomic mass is 9.93. The van der Waals surface area contributed by atoms with Crippen LogP contribution >= 0.6 is 23.2 Å². The largest absolute Gasteiger partial charge is 0.393 e. The van der Waals surface area contributed by atoms with E-state index in [1.807, 2.05) is 6.07 Å². The summed E-state index contributed by atoms with van der Waals surface area (Å²) in [6.07, 6.45) is -0.106. The number of hydrogen-bond donors (Lipinski definition) is 2. The number of nitrogens with one attached hydrogen (secondary N) is 1. The van der Waals surface area contributed by atoms with Crippen molar-refractivity contribution in [2.45, 2.75) is 25.4 Å². The Morgan fingerprint density at radius 2 is 1.79 bits per heavy atom. The molecule has 146 valence electrons. The summed E-state index contributed by atoms with van der Waals surface area (Å²) in [7, 11) is 0. The van der Waals surface area contributed by atoms with Crippen LogP contribution in [0.5, 0.6) is 0 Å². The van der Waals surface area contributed by atoms with Crippen LogP contribution < -0.4 is 5.32 Å². The average molecular weight is 420 g/mol. The molecule has 0 saturated carbocycles. The van der Waals surface area contributed by atoms with Crippen molar-refractivity contribution < 1.29 is 14.3 Å². The molecule has 3 aromatic carbocycles. The summed E-state index contributed by atoms with van der Waals surface area (Å²) in [5.74, 6) is -0.813. The van der Waals surface area contributed by atoms with Gasteiger partial charge in [0.1, 0.15) is 5.82 Å². The number of fused-ring (bicyclic) bond motifs is 1. The van der Waals surface area contributed by atoms with Gasteiger partial charge < -0.3 is 10.4 Å². The summed E-state index contributed by atoms with van der Waals surface area (Å²) in [6, 6.07) is 14.9. The van der Waals surface area contributed by atoms with Crippen LogP contribution in [0.4, 0.5) is 4.39 Å². The Bertz CT molecular complexity index is 1010. The van der Waals surface area contributed by atoms with E-state index in [9.17, 15) is 14.3 Å². The summed E-state index contributed by atoms with van der Waals surface area (Å²) in [6.45, 7) is 1.99. The topological polar surface area (TPSA) is 49.3 Å². The van der Waals surface area contributed by atoms with Crippen LogP contribution in [0, 0.1) is 5.82 Å². The Balaban J connectivity index is 1.82. The lowest BCUT2D eigenvalue weighted by Crippen LogP contribution is -2.30. The molecule has 0 spiro atoms. The fraction of sp³-hybridized carbons (Fsp3) is 0.227. The molecule has 0 aliphatic heterocycles. The number of aliphatic hydroxyl groups excluding tert-OH is 1. The molecule has 6 heteroatoms. The molecule has 0 aliphatic rings. The molecule has 0 heterocycles. The number of rotatable bonds is 6. The van der Waals surface area contributed by atoms with Crippen molar-refractivity contribution in [1.29, 1.82) is 0 Å². The van der Waals surface area contributed by atoms with E-state index >= 15 is 0 Å². The predicted octanol–water partition coefficient (Wildman–Crippen LogP) is 5.57. The molecule has 0 fully saturated rings. The van der Waals surface area contributed by atoms with Crippen molar-refractivity contribution in [3.8, 4) is 0 Å². The first kappa shape index (κ1) is 20.6. The van der Waals surface area contributed by atoms with Crippen LogP contribution in [0.3, 0.4) is 0 Å². The Morgan fingerprint density at radius 1 is 1.07 bits per heavy atom. The van der Waals surface area contributed by atoms with Crippen molar-refractivity contribution in [2.75, 3.05) is 6.54 Å². The molecular weight excluding hydrogens is 400 g/mol. The maximum Gasteiger partial charge on any atom is 0.251 e. The van der Waals surface area contributed by atoms with Crippen molar-refractivity contribution in [1.82, 2.24) is 5.32 Å². The Hall–Kier alpha value is -2.14. The van der Waals surface area contributed by atoms with E-state index in [0.29, 0.717) is 39.3 Å². The van der Waals surface area contributed by atoms with Gasteiger partial charge in [-0.1, -0.05) is 53.5 Å². The van der Waals surface area contributed by atoms with E-state index in [0.717, 1.165) is 5.56 Å². The molecule has 0 aromatic heterocycles. The highest BCUT2D eigenvalue weighted by molar-refractivity contribution is 6.42. The number of halogens is 3. The monoisotopic (exact) mass is 419 g/mol. The summed E-state index contributed by atoms with van der Waals surface area (Å²) in [4.78, 5) is 12.8. The average Bonchev–Trinajstić information content (AvgIpc) is 2.67. The molecule has 2 unspecified atom stereocenters. The molecule has 28 heavy (non-hydrogen) atoms. The maximum atomic E-state index is 14.0. The Kier molecular flexibility index (Phi) is 6.55. The van der Waals surface area contributed by atoms with Gasteiger partial charge in [-0.2, -0.15) is 0 Å². The molecule has 3 aromatic rings. The van der Waals surface area contributed by atoms with E-state index in [1.165, 1.54) is 12.1 Å². The van der Waals surface area contributed by atoms with Crippen LogP contribution in [0.25, 0.3) is 10.8 Å². The van der Waals surface area contributed by atoms with Crippen LogP contribution in [-0.4, -0.2) is 23.7 Å². The minimum Gasteiger partial charge on any atom is -0.393 e. The van der Waals surface area contributed by atoms with Gasteiger partial charge in [0.2, 0.25) is 0 Å². The molecule has 0 bridgehead atoms. The van der Waals surface area contributed by atoms with Crippen LogP contribution in [0.1, 0.15) is 35.2 Å². The summed E-state index contributed by atoms with van der Waals surface area (Å²) in [5, 5.41) is 14.6. The number of amides is 1. The highest BCUT2D eigenvalue weighted by atomic mass is 35.5. The van der Waals surface area contributed by atoms with Crippen LogP contribution in [-0.2, 0) is 0 Å². The van der Waals surface area contributed by atoms with Gasteiger partial charge in [0.25, 0.3) is 5.91 Å². The molecule has 2 N–H and O–H groups in total. The van der Waals surface area contributed by atoms with Gasteiger partial charge in [0.05, 0.1) is 16.1 Å². The van der Waals surface area contributed by atoms with Gasteiger partial charge in [-0.3, -0.25) is 4.79 Å². The number of hydrogen-bond acceptors (Lipinski definition) is 2. The first-order chi connectivity index (χ1) is 13.4. The number of benzene rings is 3. The second-order valence-corrected chi connectivity index (χ2v) is 7.62. The summed E-state index contributed by atoms with van der Waals surface area (Å²) >= 11 is 12.1. The second-order valence-electron chi connectivity index (χ2n) is 6.81. The molecule has 0 aliphatic carbocycles. The first-order valence-corrected chi connectivity index (χ1v) is 9.71. The fourth-order valence-electron chi connectivity index (χ4n) is 3.29. The molecule has 3 nitrogen and oxygen atoms in total. The van der Waals surface area contributed by atoms with Crippen molar-refractivity contribution >= 4 is 39.9 Å². The fourth-order valence-corrected chi connectivity index (χ4v) is 3.59.